The van der Waals surface area contributed by atoms with Crippen molar-refractivity contribution in [3.8, 4) is 0 Å². The number of fused-ring (bicyclic) bond motifs is 1. The highest BCUT2D eigenvalue weighted by atomic mass is 19.1. The van der Waals surface area contributed by atoms with Gasteiger partial charge in [-0.3, -0.25) is 14.3 Å². The third-order valence-electron chi connectivity index (χ3n) is 6.85. The van der Waals surface area contributed by atoms with Gasteiger partial charge in [0.05, 0.1) is 18.2 Å². The minimum absolute atomic E-state index is 0.00884. The number of morpholine rings is 1. The van der Waals surface area contributed by atoms with E-state index >= 15 is 4.39 Å². The van der Waals surface area contributed by atoms with E-state index in [1.54, 1.807) is 29.0 Å². The summed E-state index contributed by atoms with van der Waals surface area (Å²) in [5.41, 5.74) is 1.99. The van der Waals surface area contributed by atoms with E-state index in [1.807, 2.05) is 39.8 Å². The lowest BCUT2D eigenvalue weighted by molar-refractivity contribution is -0.0707. The molecule has 1 aliphatic heterocycles. The van der Waals surface area contributed by atoms with Crippen LogP contribution in [0.15, 0.2) is 41.3 Å². The van der Waals surface area contributed by atoms with Crippen LogP contribution in [-0.4, -0.2) is 44.7 Å². The van der Waals surface area contributed by atoms with Crippen LogP contribution in [0.1, 0.15) is 64.8 Å². The first-order chi connectivity index (χ1) is 16.6. The van der Waals surface area contributed by atoms with Crippen molar-refractivity contribution in [3.63, 3.8) is 0 Å². The van der Waals surface area contributed by atoms with Crippen LogP contribution in [0.5, 0.6) is 0 Å². The number of nitrogens with one attached hydrogen (secondary N) is 1. The van der Waals surface area contributed by atoms with Gasteiger partial charge >= 0.3 is 0 Å². The standard InChI is InChI=1S/C27H36FN5O2/c1-16(2)20(6)33-25(34)10-9-22-12-29-27(31-26(22)33)30-19(5)21-7-8-23(24(28)11-21)15-32-13-17(3)35-18(4)14-32/h7-12,16-20H,13-15H2,1-6H3,(H,29,30,31)/t17-,18+,19-,20-/m0/s1. The van der Waals surface area contributed by atoms with Crippen molar-refractivity contribution in [2.75, 3.05) is 18.4 Å². The Hall–Kier alpha value is -2.84. The van der Waals surface area contributed by atoms with Gasteiger partial charge in [-0.05, 0) is 51.3 Å². The molecule has 0 unspecified atom stereocenters. The smallest absolute Gasteiger partial charge is 0.252 e. The van der Waals surface area contributed by atoms with Crippen molar-refractivity contribution in [2.45, 2.75) is 72.4 Å². The summed E-state index contributed by atoms with van der Waals surface area (Å²) >= 11 is 0. The second-order valence-corrected chi connectivity index (χ2v) is 10.2. The first-order valence-corrected chi connectivity index (χ1v) is 12.4. The molecular formula is C27H36FN5O2. The summed E-state index contributed by atoms with van der Waals surface area (Å²) in [5.74, 6) is 0.456. The van der Waals surface area contributed by atoms with E-state index in [0.29, 0.717) is 23.7 Å². The molecule has 8 heteroatoms. The molecule has 0 radical (unpaired) electrons. The van der Waals surface area contributed by atoms with Gasteiger partial charge in [0, 0.05) is 48.9 Å². The lowest BCUT2D eigenvalue weighted by Gasteiger charge is -2.35. The number of pyridine rings is 1. The Labute approximate surface area is 206 Å². The van der Waals surface area contributed by atoms with Crippen molar-refractivity contribution in [2.24, 2.45) is 5.92 Å². The number of ether oxygens (including phenoxy) is 1. The molecule has 188 valence electrons. The van der Waals surface area contributed by atoms with E-state index in [0.717, 1.165) is 24.0 Å². The Morgan fingerprint density at radius 3 is 2.49 bits per heavy atom. The van der Waals surface area contributed by atoms with Gasteiger partial charge in [-0.15, -0.1) is 0 Å². The molecule has 3 heterocycles. The zero-order valence-corrected chi connectivity index (χ0v) is 21.5. The summed E-state index contributed by atoms with van der Waals surface area (Å²) in [6, 6.07) is 8.47. The number of rotatable bonds is 7. The highest BCUT2D eigenvalue weighted by Crippen LogP contribution is 2.24. The summed E-state index contributed by atoms with van der Waals surface area (Å²) in [5, 5.41) is 4.08. The zero-order chi connectivity index (χ0) is 25.3. The molecule has 0 amide bonds. The van der Waals surface area contributed by atoms with E-state index in [-0.39, 0.29) is 41.6 Å². The second kappa shape index (κ2) is 10.4. The summed E-state index contributed by atoms with van der Waals surface area (Å²) in [6.45, 7) is 14.4. The maximum absolute atomic E-state index is 15.0. The van der Waals surface area contributed by atoms with E-state index < -0.39 is 0 Å². The molecule has 3 aromatic rings. The van der Waals surface area contributed by atoms with E-state index in [1.165, 1.54) is 0 Å². The number of nitrogens with zero attached hydrogens (tertiary/aromatic N) is 4. The van der Waals surface area contributed by atoms with Gasteiger partial charge in [-0.2, -0.15) is 4.98 Å². The topological polar surface area (TPSA) is 72.3 Å². The molecule has 35 heavy (non-hydrogen) atoms. The fourth-order valence-corrected chi connectivity index (χ4v) is 4.69. The van der Waals surface area contributed by atoms with Crippen LogP contribution in [-0.2, 0) is 11.3 Å². The first kappa shape index (κ1) is 25.3. The average molecular weight is 482 g/mol. The summed E-state index contributed by atoms with van der Waals surface area (Å²) < 4.78 is 22.5. The number of anilines is 1. The molecule has 1 fully saturated rings. The quantitative estimate of drug-likeness (QED) is 0.516. The molecular weight excluding hydrogens is 445 g/mol. The molecule has 1 aromatic carbocycles. The Bertz CT molecular complexity index is 1230. The highest BCUT2D eigenvalue weighted by Gasteiger charge is 2.23. The monoisotopic (exact) mass is 481 g/mol. The SMILES string of the molecule is CC(C)[C@H](C)n1c(=O)ccc2cnc(N[C@@H](C)c3ccc(CN4C[C@@H](C)O[C@@H](C)C4)c(F)c3)nc21. The van der Waals surface area contributed by atoms with E-state index in [2.05, 4.69) is 34.0 Å². The van der Waals surface area contributed by atoms with Crippen molar-refractivity contribution in [1.82, 2.24) is 19.4 Å². The summed E-state index contributed by atoms with van der Waals surface area (Å²) in [6.07, 6.45) is 2.01. The van der Waals surface area contributed by atoms with Crippen molar-refractivity contribution in [3.05, 3.63) is 63.8 Å². The largest absolute Gasteiger partial charge is 0.373 e. The van der Waals surface area contributed by atoms with Gasteiger partial charge in [-0.1, -0.05) is 26.0 Å². The number of aromatic nitrogens is 3. The van der Waals surface area contributed by atoms with Crippen LogP contribution in [0.3, 0.4) is 0 Å². The highest BCUT2D eigenvalue weighted by molar-refractivity contribution is 5.75. The van der Waals surface area contributed by atoms with Crippen LogP contribution in [0.2, 0.25) is 0 Å². The van der Waals surface area contributed by atoms with Crippen molar-refractivity contribution in [1.29, 1.82) is 0 Å². The number of hydrogen-bond acceptors (Lipinski definition) is 6. The molecule has 1 saturated heterocycles. The van der Waals surface area contributed by atoms with Crippen molar-refractivity contribution >= 4 is 17.0 Å². The molecule has 1 aliphatic rings. The van der Waals surface area contributed by atoms with Gasteiger partial charge in [0.15, 0.2) is 0 Å². The molecule has 4 atom stereocenters. The molecule has 0 aliphatic carbocycles. The lowest BCUT2D eigenvalue weighted by Crippen LogP contribution is -2.44. The fraction of sp³-hybridized carbons (Fsp3) is 0.519. The maximum atomic E-state index is 15.0. The Kier molecular flexibility index (Phi) is 7.52. The summed E-state index contributed by atoms with van der Waals surface area (Å²) in [4.78, 5) is 23.9. The molecule has 2 aromatic heterocycles. The maximum Gasteiger partial charge on any atom is 0.252 e. The normalized spacial score (nSPS) is 20.8. The van der Waals surface area contributed by atoms with Crippen LogP contribution >= 0.6 is 0 Å². The van der Waals surface area contributed by atoms with Gasteiger partial charge in [0.1, 0.15) is 11.5 Å². The lowest BCUT2D eigenvalue weighted by atomic mass is 10.0. The molecule has 1 N–H and O–H groups in total. The predicted molar refractivity (Wildman–Crippen MR) is 137 cm³/mol. The average Bonchev–Trinajstić information content (AvgIpc) is 2.79. The van der Waals surface area contributed by atoms with Gasteiger partial charge in [0.25, 0.3) is 5.56 Å². The first-order valence-electron chi connectivity index (χ1n) is 12.4. The Morgan fingerprint density at radius 2 is 1.83 bits per heavy atom. The molecule has 0 spiro atoms. The van der Waals surface area contributed by atoms with Crippen LogP contribution in [0.4, 0.5) is 10.3 Å². The van der Waals surface area contributed by atoms with Crippen LogP contribution in [0.25, 0.3) is 11.0 Å². The summed E-state index contributed by atoms with van der Waals surface area (Å²) in [7, 11) is 0. The number of benzene rings is 1. The van der Waals surface area contributed by atoms with E-state index in [4.69, 9.17) is 4.74 Å². The van der Waals surface area contributed by atoms with Gasteiger partial charge < -0.3 is 10.1 Å². The van der Waals surface area contributed by atoms with Gasteiger partial charge in [0.2, 0.25) is 5.95 Å². The third-order valence-corrected chi connectivity index (χ3v) is 6.85. The molecule has 7 nitrogen and oxygen atoms in total. The second-order valence-electron chi connectivity index (χ2n) is 10.2. The van der Waals surface area contributed by atoms with Crippen LogP contribution in [0, 0.1) is 11.7 Å². The third kappa shape index (κ3) is 5.70. The molecule has 4 rings (SSSR count). The van der Waals surface area contributed by atoms with Crippen LogP contribution < -0.4 is 10.9 Å². The van der Waals surface area contributed by atoms with Crippen molar-refractivity contribution < 1.29 is 9.13 Å². The Balaban J connectivity index is 1.53. The van der Waals surface area contributed by atoms with E-state index in [9.17, 15) is 4.79 Å². The molecule has 0 bridgehead atoms. The number of halogens is 1. The Morgan fingerprint density at radius 1 is 1.11 bits per heavy atom. The minimum atomic E-state index is -0.220. The number of hydrogen-bond donors (Lipinski definition) is 1. The minimum Gasteiger partial charge on any atom is -0.373 e. The fourth-order valence-electron chi connectivity index (χ4n) is 4.69. The molecule has 0 saturated carbocycles. The van der Waals surface area contributed by atoms with Gasteiger partial charge in [-0.25, -0.2) is 9.37 Å². The zero-order valence-electron chi connectivity index (χ0n) is 21.5. The predicted octanol–water partition coefficient (Wildman–Crippen LogP) is 4.93.